The molecular weight excluding hydrogens is 318 g/mol. The Morgan fingerprint density at radius 2 is 1.39 bits per heavy atom. The highest BCUT2D eigenvalue weighted by Crippen LogP contribution is 2.27. The third-order valence-electron chi connectivity index (χ3n) is 4.07. The fraction of sp³-hybridized carbons (Fsp3) is 1.00. The van der Waals surface area contributed by atoms with Crippen molar-refractivity contribution in [3.05, 3.63) is 0 Å². The summed E-state index contributed by atoms with van der Waals surface area (Å²) in [6, 6.07) is -1.05. The second-order valence-corrected chi connectivity index (χ2v) is 5.61. The van der Waals surface area contributed by atoms with Gasteiger partial charge in [0.25, 0.3) is 0 Å². The Kier molecular flexibility index (Phi) is 6.27. The number of nitrogens with two attached hydrogens (primary N) is 1. The van der Waals surface area contributed by atoms with Crippen molar-refractivity contribution < 1.29 is 50.0 Å². The summed E-state index contributed by atoms with van der Waals surface area (Å²) in [6.07, 6.45) is -13.2. The van der Waals surface area contributed by atoms with Crippen LogP contribution in [0.25, 0.3) is 0 Å². The minimum absolute atomic E-state index is 0.542. The van der Waals surface area contributed by atoms with Gasteiger partial charge in [0.15, 0.2) is 12.6 Å². The molecule has 9 N–H and O–H groups in total. The molecular formula is C12H23NO10. The number of aliphatic hydroxyl groups is 7. The Bertz CT molecular complexity index is 383. The zero-order valence-electron chi connectivity index (χ0n) is 12.1. The summed E-state index contributed by atoms with van der Waals surface area (Å²) in [7, 11) is 0. The molecule has 11 nitrogen and oxygen atoms in total. The van der Waals surface area contributed by atoms with Gasteiger partial charge < -0.3 is 55.7 Å². The molecule has 1 unspecified atom stereocenters. The maximum absolute atomic E-state index is 9.97. The predicted octanol–water partition coefficient (Wildman–Crippen LogP) is -5.43. The number of aliphatic hydroxyl groups excluding tert-OH is 7. The van der Waals surface area contributed by atoms with Crippen molar-refractivity contribution in [1.82, 2.24) is 0 Å². The van der Waals surface area contributed by atoms with Gasteiger partial charge in [0.1, 0.15) is 42.7 Å². The van der Waals surface area contributed by atoms with E-state index in [0.717, 1.165) is 0 Å². The largest absolute Gasteiger partial charge is 0.394 e. The van der Waals surface area contributed by atoms with Crippen LogP contribution >= 0.6 is 0 Å². The normalized spacial score (nSPS) is 51.7. The van der Waals surface area contributed by atoms with Crippen molar-refractivity contribution in [1.29, 1.82) is 0 Å². The Labute approximate surface area is 131 Å². The summed E-state index contributed by atoms with van der Waals surface area (Å²) in [4.78, 5) is 0. The van der Waals surface area contributed by atoms with Crippen LogP contribution in [0.5, 0.6) is 0 Å². The number of hydrogen-bond donors (Lipinski definition) is 8. The highest BCUT2D eigenvalue weighted by atomic mass is 16.7. The lowest BCUT2D eigenvalue weighted by molar-refractivity contribution is -0.346. The molecule has 0 spiro atoms. The molecule has 2 aliphatic heterocycles. The van der Waals surface area contributed by atoms with Gasteiger partial charge >= 0.3 is 0 Å². The minimum Gasteiger partial charge on any atom is -0.394 e. The van der Waals surface area contributed by atoms with Gasteiger partial charge in [-0.1, -0.05) is 0 Å². The molecule has 0 aromatic heterocycles. The van der Waals surface area contributed by atoms with E-state index >= 15 is 0 Å². The molecule has 2 rings (SSSR count). The average Bonchev–Trinajstić information content (AvgIpc) is 2.55. The van der Waals surface area contributed by atoms with Gasteiger partial charge in [-0.15, -0.1) is 0 Å². The molecule has 136 valence electrons. The minimum atomic E-state index is -1.72. The van der Waals surface area contributed by atoms with Crippen LogP contribution in [0, 0.1) is 0 Å². The molecule has 2 aliphatic rings. The van der Waals surface area contributed by atoms with Crippen molar-refractivity contribution in [2.45, 2.75) is 61.3 Å². The highest BCUT2D eigenvalue weighted by molar-refractivity contribution is 4.94. The third kappa shape index (κ3) is 3.65. The van der Waals surface area contributed by atoms with Gasteiger partial charge in [0.2, 0.25) is 0 Å². The van der Waals surface area contributed by atoms with Crippen molar-refractivity contribution in [2.24, 2.45) is 5.73 Å². The van der Waals surface area contributed by atoms with Crippen LogP contribution < -0.4 is 5.73 Å². The Balaban J connectivity index is 2.11. The van der Waals surface area contributed by atoms with E-state index in [1.807, 2.05) is 0 Å². The molecule has 0 amide bonds. The molecule has 2 fully saturated rings. The van der Waals surface area contributed by atoms with Crippen molar-refractivity contribution in [3.63, 3.8) is 0 Å². The number of hydrogen-bond acceptors (Lipinski definition) is 11. The monoisotopic (exact) mass is 341 g/mol. The van der Waals surface area contributed by atoms with E-state index < -0.39 is 74.6 Å². The maximum Gasteiger partial charge on any atom is 0.187 e. The topological polar surface area (TPSA) is 195 Å². The molecule has 0 aliphatic carbocycles. The SMILES string of the molecule is N[C@H]1[C@H](O)[C@@H](O)[C@@H](O[C@H]2[C@H](O)[C@@H](O)C(O)O[C@@H]2CO)O[C@@H]1CO. The second-order valence-electron chi connectivity index (χ2n) is 5.61. The molecule has 0 aromatic carbocycles. The van der Waals surface area contributed by atoms with Crippen LogP contribution in [0.2, 0.25) is 0 Å². The molecule has 0 aromatic rings. The van der Waals surface area contributed by atoms with Gasteiger partial charge in [-0.3, -0.25) is 0 Å². The summed E-state index contributed by atoms with van der Waals surface area (Å²) in [6.45, 7) is -1.20. The second kappa shape index (κ2) is 7.63. The molecule has 23 heavy (non-hydrogen) atoms. The predicted molar refractivity (Wildman–Crippen MR) is 70.6 cm³/mol. The first-order valence-corrected chi connectivity index (χ1v) is 7.15. The Morgan fingerprint density at radius 3 is 1.96 bits per heavy atom. The first kappa shape index (κ1) is 18.9. The van der Waals surface area contributed by atoms with Crippen LogP contribution in [0.15, 0.2) is 0 Å². The van der Waals surface area contributed by atoms with Crippen molar-refractivity contribution >= 4 is 0 Å². The van der Waals surface area contributed by atoms with Crippen molar-refractivity contribution in [2.75, 3.05) is 13.2 Å². The maximum atomic E-state index is 9.97. The first-order valence-electron chi connectivity index (χ1n) is 7.15. The van der Waals surface area contributed by atoms with Gasteiger partial charge in [0.05, 0.1) is 19.3 Å². The molecule has 0 saturated carbocycles. The zero-order chi connectivity index (χ0) is 17.3. The highest BCUT2D eigenvalue weighted by Gasteiger charge is 2.49. The van der Waals surface area contributed by atoms with E-state index in [9.17, 15) is 35.7 Å². The van der Waals surface area contributed by atoms with Gasteiger partial charge in [-0.2, -0.15) is 0 Å². The van der Waals surface area contributed by atoms with Crippen LogP contribution in [0.3, 0.4) is 0 Å². The van der Waals surface area contributed by atoms with E-state index in [0.29, 0.717) is 0 Å². The van der Waals surface area contributed by atoms with Crippen LogP contribution in [-0.2, 0) is 14.2 Å². The number of rotatable bonds is 4. The van der Waals surface area contributed by atoms with E-state index in [2.05, 4.69) is 0 Å². The van der Waals surface area contributed by atoms with E-state index in [1.165, 1.54) is 0 Å². The van der Waals surface area contributed by atoms with E-state index in [4.69, 9.17) is 19.9 Å². The molecule has 10 atom stereocenters. The fourth-order valence-corrected chi connectivity index (χ4v) is 2.62. The van der Waals surface area contributed by atoms with E-state index in [1.54, 1.807) is 0 Å². The lowest BCUT2D eigenvalue weighted by Gasteiger charge is -2.45. The summed E-state index contributed by atoms with van der Waals surface area (Å²) in [5, 5.41) is 67.2. The summed E-state index contributed by atoms with van der Waals surface area (Å²) >= 11 is 0. The molecule has 0 radical (unpaired) electrons. The third-order valence-corrected chi connectivity index (χ3v) is 4.07. The molecule has 2 saturated heterocycles. The zero-order valence-corrected chi connectivity index (χ0v) is 12.1. The standard InChI is InChI=1S/C12H23NO10/c13-5-3(1-14)22-12(9(19)6(5)16)23-10-4(2-15)21-11(20)8(18)7(10)17/h3-12,14-20H,1-2,13H2/t3-,4-,5-,6+,7-,8-,9-,10-,11?,12-/m1/s1. The van der Waals surface area contributed by atoms with Gasteiger partial charge in [-0.25, -0.2) is 0 Å². The summed E-state index contributed by atoms with van der Waals surface area (Å²) < 4.78 is 15.5. The van der Waals surface area contributed by atoms with Crippen LogP contribution in [0.1, 0.15) is 0 Å². The summed E-state index contributed by atoms with van der Waals surface area (Å²) in [5.41, 5.74) is 5.60. The summed E-state index contributed by atoms with van der Waals surface area (Å²) in [5.74, 6) is 0. The van der Waals surface area contributed by atoms with E-state index in [-0.39, 0.29) is 0 Å². The van der Waals surface area contributed by atoms with Gasteiger partial charge in [-0.05, 0) is 0 Å². The molecule has 0 bridgehead atoms. The lowest BCUT2D eigenvalue weighted by Crippen LogP contribution is -2.66. The first-order chi connectivity index (χ1) is 10.8. The Morgan fingerprint density at radius 1 is 0.783 bits per heavy atom. The fourth-order valence-electron chi connectivity index (χ4n) is 2.62. The molecule has 2 heterocycles. The number of ether oxygens (including phenoxy) is 3. The van der Waals surface area contributed by atoms with Gasteiger partial charge in [0, 0.05) is 0 Å². The average molecular weight is 341 g/mol. The van der Waals surface area contributed by atoms with Crippen LogP contribution in [-0.4, -0.2) is 110 Å². The quantitative estimate of drug-likeness (QED) is 0.243. The Hall–Kier alpha value is -0.440. The van der Waals surface area contributed by atoms with Crippen molar-refractivity contribution in [3.8, 4) is 0 Å². The lowest BCUT2D eigenvalue weighted by atomic mass is 9.96. The molecule has 11 heteroatoms. The van der Waals surface area contributed by atoms with Crippen LogP contribution in [0.4, 0.5) is 0 Å². The smallest absolute Gasteiger partial charge is 0.187 e.